The number of benzene rings is 1. The number of carboxylic acid groups (broad SMARTS) is 1. The van der Waals surface area contributed by atoms with E-state index in [0.29, 0.717) is 19.5 Å². The minimum Gasteiger partial charge on any atom is -0.481 e. The molecule has 0 heterocycles. The van der Waals surface area contributed by atoms with E-state index in [-0.39, 0.29) is 0 Å². The summed E-state index contributed by atoms with van der Waals surface area (Å²) in [7, 11) is 0. The predicted molar refractivity (Wildman–Crippen MR) is 75.1 cm³/mol. The maximum Gasteiger partial charge on any atom is 0.310 e. The van der Waals surface area contributed by atoms with Crippen LogP contribution in [-0.4, -0.2) is 28.3 Å². The lowest BCUT2D eigenvalue weighted by Crippen LogP contribution is -2.36. The third-order valence-electron chi connectivity index (χ3n) is 3.45. The molecular weight excluding hydrogens is 242 g/mol. The number of carboxylic acids is 1. The van der Waals surface area contributed by atoms with Gasteiger partial charge in [-0.3, -0.25) is 4.79 Å². The zero-order valence-corrected chi connectivity index (χ0v) is 11.8. The van der Waals surface area contributed by atoms with Crippen LogP contribution in [0.15, 0.2) is 24.3 Å². The van der Waals surface area contributed by atoms with Crippen LogP contribution in [-0.2, 0) is 11.3 Å². The Morgan fingerprint density at radius 3 is 2.42 bits per heavy atom. The van der Waals surface area contributed by atoms with Gasteiger partial charge in [0.2, 0.25) is 0 Å². The molecule has 4 heteroatoms. The van der Waals surface area contributed by atoms with Crippen LogP contribution >= 0.6 is 0 Å². The Labute approximate surface area is 114 Å². The third-order valence-corrected chi connectivity index (χ3v) is 3.45. The van der Waals surface area contributed by atoms with Crippen LogP contribution in [0.2, 0.25) is 0 Å². The molecule has 0 saturated heterocycles. The Morgan fingerprint density at radius 1 is 1.37 bits per heavy atom. The summed E-state index contributed by atoms with van der Waals surface area (Å²) in [6.07, 6.45) is 0.703. The lowest BCUT2D eigenvalue weighted by molar-refractivity contribution is -0.138. The van der Waals surface area contributed by atoms with Gasteiger partial charge < -0.3 is 15.5 Å². The van der Waals surface area contributed by atoms with Gasteiger partial charge in [0.05, 0.1) is 11.5 Å². The van der Waals surface area contributed by atoms with Crippen molar-refractivity contribution in [3.63, 3.8) is 0 Å². The summed E-state index contributed by atoms with van der Waals surface area (Å²) in [4.78, 5) is 10.9. The molecule has 3 N–H and O–H groups in total. The van der Waals surface area contributed by atoms with Gasteiger partial charge in [0, 0.05) is 13.1 Å². The van der Waals surface area contributed by atoms with Crippen LogP contribution in [0.1, 0.15) is 44.2 Å². The summed E-state index contributed by atoms with van der Waals surface area (Å²) in [5.41, 5.74) is 1.20. The van der Waals surface area contributed by atoms with Crippen LogP contribution < -0.4 is 5.32 Å². The summed E-state index contributed by atoms with van der Waals surface area (Å²) < 4.78 is 0. The van der Waals surface area contributed by atoms with E-state index in [1.54, 1.807) is 13.8 Å². The van der Waals surface area contributed by atoms with Crippen molar-refractivity contribution >= 4 is 5.97 Å². The Hall–Kier alpha value is -1.39. The second-order valence-corrected chi connectivity index (χ2v) is 5.26. The van der Waals surface area contributed by atoms with Crippen molar-refractivity contribution in [3.05, 3.63) is 35.4 Å². The molecule has 0 aliphatic rings. The lowest BCUT2D eigenvalue weighted by Gasteiger charge is -2.21. The smallest absolute Gasteiger partial charge is 0.310 e. The fourth-order valence-electron chi connectivity index (χ4n) is 1.67. The molecule has 1 rings (SSSR count). The van der Waals surface area contributed by atoms with Crippen molar-refractivity contribution in [2.75, 3.05) is 6.54 Å². The zero-order chi connectivity index (χ0) is 14.5. The molecule has 0 amide bonds. The maximum absolute atomic E-state index is 10.9. The maximum atomic E-state index is 10.9. The lowest BCUT2D eigenvalue weighted by atomic mass is 10.00. The number of hydrogen-bond donors (Lipinski definition) is 3. The van der Waals surface area contributed by atoms with Gasteiger partial charge in [-0.2, -0.15) is 0 Å². The summed E-state index contributed by atoms with van der Waals surface area (Å²) >= 11 is 0. The molecule has 0 bridgehead atoms. The van der Waals surface area contributed by atoms with E-state index in [9.17, 15) is 9.90 Å². The van der Waals surface area contributed by atoms with Gasteiger partial charge >= 0.3 is 5.97 Å². The predicted octanol–water partition coefficient (Wildman–Crippen LogP) is 2.13. The largest absolute Gasteiger partial charge is 0.481 e. The van der Waals surface area contributed by atoms with Gasteiger partial charge in [0.1, 0.15) is 0 Å². The van der Waals surface area contributed by atoms with Crippen LogP contribution in [0.25, 0.3) is 0 Å². The van der Waals surface area contributed by atoms with E-state index in [2.05, 4.69) is 5.32 Å². The van der Waals surface area contributed by atoms with Crippen LogP contribution in [0.3, 0.4) is 0 Å². The van der Waals surface area contributed by atoms with E-state index in [4.69, 9.17) is 5.11 Å². The molecule has 0 aliphatic heterocycles. The van der Waals surface area contributed by atoms with Gasteiger partial charge in [-0.15, -0.1) is 0 Å². The van der Waals surface area contributed by atoms with Gasteiger partial charge in [0.25, 0.3) is 0 Å². The number of hydrogen-bond acceptors (Lipinski definition) is 3. The van der Waals surface area contributed by atoms with Crippen LogP contribution in [0.5, 0.6) is 0 Å². The molecule has 0 saturated carbocycles. The minimum atomic E-state index is -0.815. The molecule has 0 fully saturated rings. The molecule has 2 atom stereocenters. The quantitative estimate of drug-likeness (QED) is 0.706. The topological polar surface area (TPSA) is 69.6 Å². The third kappa shape index (κ3) is 5.01. The van der Waals surface area contributed by atoms with Crippen molar-refractivity contribution in [2.45, 2.75) is 45.3 Å². The molecule has 1 aromatic rings. The molecule has 0 spiro atoms. The number of rotatable bonds is 7. The molecule has 0 aliphatic carbocycles. The Kier molecular flexibility index (Phi) is 5.51. The molecule has 4 nitrogen and oxygen atoms in total. The summed E-state index contributed by atoms with van der Waals surface area (Å²) in [6.45, 7) is 6.63. The van der Waals surface area contributed by atoms with Crippen molar-refractivity contribution in [1.82, 2.24) is 5.32 Å². The van der Waals surface area contributed by atoms with E-state index >= 15 is 0 Å². The molecule has 0 aromatic heterocycles. The highest BCUT2D eigenvalue weighted by atomic mass is 16.4. The number of aliphatic carboxylic acids is 1. The van der Waals surface area contributed by atoms with Crippen molar-refractivity contribution in [1.29, 1.82) is 0 Å². The first-order valence-electron chi connectivity index (χ1n) is 6.60. The Morgan fingerprint density at radius 2 is 1.95 bits per heavy atom. The van der Waals surface area contributed by atoms with E-state index in [0.717, 1.165) is 11.1 Å². The van der Waals surface area contributed by atoms with Crippen molar-refractivity contribution in [2.24, 2.45) is 0 Å². The first-order valence-corrected chi connectivity index (χ1v) is 6.60. The minimum absolute atomic E-state index is 0.483. The average Bonchev–Trinajstić information content (AvgIpc) is 2.38. The highest BCUT2D eigenvalue weighted by molar-refractivity contribution is 5.75. The normalized spacial score (nSPS) is 15.8. The molecular formula is C15H23NO3. The summed E-state index contributed by atoms with van der Waals surface area (Å²) in [6, 6.07) is 7.52. The van der Waals surface area contributed by atoms with E-state index in [1.165, 1.54) is 0 Å². The first-order chi connectivity index (χ1) is 8.85. The van der Waals surface area contributed by atoms with Crippen molar-refractivity contribution < 1.29 is 15.0 Å². The monoisotopic (exact) mass is 265 g/mol. The molecule has 106 valence electrons. The fourth-order valence-corrected chi connectivity index (χ4v) is 1.67. The molecule has 0 radical (unpaired) electrons. The van der Waals surface area contributed by atoms with E-state index < -0.39 is 17.5 Å². The summed E-state index contributed by atoms with van der Waals surface area (Å²) in [5, 5.41) is 22.0. The van der Waals surface area contributed by atoms with Gasteiger partial charge in [0.15, 0.2) is 0 Å². The summed E-state index contributed by atoms with van der Waals surface area (Å²) in [5.74, 6) is -1.30. The van der Waals surface area contributed by atoms with Crippen LogP contribution in [0, 0.1) is 0 Å². The average molecular weight is 265 g/mol. The molecule has 1 aromatic carbocycles. The molecule has 19 heavy (non-hydrogen) atoms. The SMILES string of the molecule is CCC(C)(O)CNCc1ccc(C(C)C(=O)O)cc1. The second-order valence-electron chi connectivity index (χ2n) is 5.26. The van der Waals surface area contributed by atoms with Gasteiger partial charge in [-0.25, -0.2) is 0 Å². The Balaban J connectivity index is 2.51. The fraction of sp³-hybridized carbons (Fsp3) is 0.533. The van der Waals surface area contributed by atoms with Crippen molar-refractivity contribution in [3.8, 4) is 0 Å². The van der Waals surface area contributed by atoms with E-state index in [1.807, 2.05) is 31.2 Å². The second kappa shape index (κ2) is 6.68. The number of nitrogens with one attached hydrogen (secondary N) is 1. The standard InChI is InChI=1S/C15H23NO3/c1-4-15(3,19)10-16-9-12-5-7-13(8-6-12)11(2)14(17)18/h5-8,11,16,19H,4,9-10H2,1-3H3,(H,17,18). The zero-order valence-electron chi connectivity index (χ0n) is 11.8. The Bertz CT molecular complexity index is 412. The highest BCUT2D eigenvalue weighted by Crippen LogP contribution is 2.16. The number of aliphatic hydroxyl groups is 1. The van der Waals surface area contributed by atoms with Gasteiger partial charge in [-0.1, -0.05) is 31.2 Å². The first kappa shape index (κ1) is 15.7. The van der Waals surface area contributed by atoms with Gasteiger partial charge in [-0.05, 0) is 31.4 Å². The molecule has 2 unspecified atom stereocenters. The van der Waals surface area contributed by atoms with Crippen LogP contribution in [0.4, 0.5) is 0 Å². The number of carbonyl (C=O) groups is 1. The highest BCUT2D eigenvalue weighted by Gasteiger charge is 2.16.